The zero-order chi connectivity index (χ0) is 16.8. The summed E-state index contributed by atoms with van der Waals surface area (Å²) in [6, 6.07) is 1.62. The molecule has 126 valence electrons. The zero-order valence-corrected chi connectivity index (χ0v) is 13.2. The van der Waals surface area contributed by atoms with E-state index in [4.69, 9.17) is 5.73 Å². The Bertz CT molecular complexity index is 738. The Morgan fingerprint density at radius 1 is 1.22 bits per heavy atom. The van der Waals surface area contributed by atoms with Crippen molar-refractivity contribution in [2.75, 3.05) is 0 Å². The first-order chi connectivity index (χ1) is 10.8. The Labute approximate surface area is 133 Å². The molecule has 1 aliphatic carbocycles. The number of nitrogens with two attached hydrogens (primary N) is 1. The molecule has 0 spiro atoms. The van der Waals surface area contributed by atoms with Crippen LogP contribution >= 0.6 is 0 Å². The SMILES string of the molecule is NC(=O)C1CC2CCCCC2N1S(=O)(=O)c1cccc(F)c1F. The molecule has 3 atom stereocenters. The van der Waals surface area contributed by atoms with Gasteiger partial charge < -0.3 is 5.73 Å². The molecule has 23 heavy (non-hydrogen) atoms. The van der Waals surface area contributed by atoms with Crippen LogP contribution in [-0.4, -0.2) is 30.7 Å². The second kappa shape index (κ2) is 5.83. The summed E-state index contributed by atoms with van der Waals surface area (Å²) in [6.07, 6.45) is 3.56. The maximum absolute atomic E-state index is 14.0. The fourth-order valence-electron chi connectivity index (χ4n) is 3.80. The van der Waals surface area contributed by atoms with E-state index in [1.54, 1.807) is 0 Å². The normalized spacial score (nSPS) is 28.5. The van der Waals surface area contributed by atoms with E-state index in [0.29, 0.717) is 12.8 Å². The van der Waals surface area contributed by atoms with Crippen molar-refractivity contribution in [2.24, 2.45) is 11.7 Å². The predicted octanol–water partition coefficient (Wildman–Crippen LogP) is 1.77. The minimum Gasteiger partial charge on any atom is -0.368 e. The van der Waals surface area contributed by atoms with Crippen LogP contribution in [0.2, 0.25) is 0 Å². The lowest BCUT2D eigenvalue weighted by molar-refractivity contribution is -0.121. The van der Waals surface area contributed by atoms with Gasteiger partial charge in [0.2, 0.25) is 15.9 Å². The molecule has 2 fully saturated rings. The standard InChI is InChI=1S/C15H18F2N2O3S/c16-10-5-3-7-13(14(10)17)23(21,22)19-11-6-2-1-4-9(11)8-12(19)15(18)20/h3,5,7,9,11-12H,1-2,4,6,8H2,(H2,18,20). The van der Waals surface area contributed by atoms with E-state index >= 15 is 0 Å². The molecule has 1 saturated carbocycles. The first-order valence-electron chi connectivity index (χ1n) is 7.61. The molecule has 1 aliphatic heterocycles. The van der Waals surface area contributed by atoms with E-state index in [1.165, 1.54) is 0 Å². The van der Waals surface area contributed by atoms with Gasteiger partial charge in [-0.1, -0.05) is 18.9 Å². The number of hydrogen-bond donors (Lipinski definition) is 1. The number of nitrogens with zero attached hydrogens (tertiary/aromatic N) is 1. The highest BCUT2D eigenvalue weighted by Gasteiger charge is 2.51. The van der Waals surface area contributed by atoms with Crippen LogP contribution in [0, 0.1) is 17.6 Å². The van der Waals surface area contributed by atoms with Gasteiger partial charge in [-0.15, -0.1) is 0 Å². The number of sulfonamides is 1. The zero-order valence-electron chi connectivity index (χ0n) is 12.4. The van der Waals surface area contributed by atoms with Gasteiger partial charge >= 0.3 is 0 Å². The molecule has 1 saturated heterocycles. The van der Waals surface area contributed by atoms with E-state index in [2.05, 4.69) is 0 Å². The van der Waals surface area contributed by atoms with Crippen LogP contribution in [0.4, 0.5) is 8.78 Å². The smallest absolute Gasteiger partial charge is 0.247 e. The van der Waals surface area contributed by atoms with Gasteiger partial charge in [0.05, 0.1) is 0 Å². The number of rotatable bonds is 3. The molecule has 1 amide bonds. The first kappa shape index (κ1) is 16.3. The summed E-state index contributed by atoms with van der Waals surface area (Å²) in [5.41, 5.74) is 5.37. The monoisotopic (exact) mass is 344 g/mol. The van der Waals surface area contributed by atoms with Gasteiger partial charge in [-0.25, -0.2) is 17.2 Å². The molecule has 3 rings (SSSR count). The van der Waals surface area contributed by atoms with E-state index in [0.717, 1.165) is 41.8 Å². The number of halogens is 2. The second-order valence-electron chi connectivity index (χ2n) is 6.15. The lowest BCUT2D eigenvalue weighted by Crippen LogP contribution is -2.48. The van der Waals surface area contributed by atoms with Crippen LogP contribution in [0.1, 0.15) is 32.1 Å². The third-order valence-electron chi connectivity index (χ3n) is 4.83. The van der Waals surface area contributed by atoms with Gasteiger partial charge in [-0.2, -0.15) is 4.31 Å². The molecule has 0 radical (unpaired) electrons. The van der Waals surface area contributed by atoms with Crippen molar-refractivity contribution in [3.63, 3.8) is 0 Å². The molecule has 5 nitrogen and oxygen atoms in total. The van der Waals surface area contributed by atoms with Gasteiger partial charge in [-0.05, 0) is 37.3 Å². The number of primary amides is 1. The number of carbonyl (C=O) groups excluding carboxylic acids is 1. The Kier molecular flexibility index (Phi) is 4.14. The van der Waals surface area contributed by atoms with Gasteiger partial charge in [0, 0.05) is 6.04 Å². The Morgan fingerprint density at radius 3 is 2.61 bits per heavy atom. The molecule has 3 unspecified atom stereocenters. The number of benzene rings is 1. The van der Waals surface area contributed by atoms with Gasteiger partial charge in [-0.3, -0.25) is 4.79 Å². The summed E-state index contributed by atoms with van der Waals surface area (Å²) < 4.78 is 54.2. The molecule has 0 aromatic heterocycles. The highest BCUT2D eigenvalue weighted by Crippen LogP contribution is 2.42. The maximum atomic E-state index is 14.0. The third kappa shape index (κ3) is 2.63. The van der Waals surface area contributed by atoms with Crippen molar-refractivity contribution in [3.05, 3.63) is 29.8 Å². The lowest BCUT2D eigenvalue weighted by atomic mass is 9.85. The van der Waals surface area contributed by atoms with Crippen molar-refractivity contribution < 1.29 is 22.0 Å². The molecular formula is C15H18F2N2O3S. The average Bonchev–Trinajstić information content (AvgIpc) is 2.90. The van der Waals surface area contributed by atoms with Crippen molar-refractivity contribution in [3.8, 4) is 0 Å². The topological polar surface area (TPSA) is 80.5 Å². The number of amides is 1. The second-order valence-corrected chi connectivity index (χ2v) is 7.96. The third-order valence-corrected chi connectivity index (χ3v) is 6.78. The number of hydrogen-bond acceptors (Lipinski definition) is 3. The Balaban J connectivity index is 2.08. The lowest BCUT2D eigenvalue weighted by Gasteiger charge is -2.32. The van der Waals surface area contributed by atoms with Crippen LogP contribution in [0.15, 0.2) is 23.1 Å². The molecule has 0 bridgehead atoms. The average molecular weight is 344 g/mol. The van der Waals surface area contributed by atoms with Crippen LogP contribution in [0.3, 0.4) is 0 Å². The maximum Gasteiger partial charge on any atom is 0.247 e. The van der Waals surface area contributed by atoms with E-state index in [1.807, 2.05) is 0 Å². The van der Waals surface area contributed by atoms with E-state index < -0.39 is 38.5 Å². The molecule has 1 aromatic rings. The van der Waals surface area contributed by atoms with Crippen molar-refractivity contribution in [2.45, 2.75) is 49.1 Å². The molecule has 2 aliphatic rings. The fourth-order valence-corrected chi connectivity index (χ4v) is 5.76. The minimum atomic E-state index is -4.34. The highest BCUT2D eigenvalue weighted by atomic mass is 32.2. The van der Waals surface area contributed by atoms with E-state index in [-0.39, 0.29) is 12.0 Å². The summed E-state index contributed by atoms with van der Waals surface area (Å²) >= 11 is 0. The molecule has 1 heterocycles. The summed E-state index contributed by atoms with van der Waals surface area (Å²) in [4.78, 5) is 11.0. The molecular weight excluding hydrogens is 326 g/mol. The fraction of sp³-hybridized carbons (Fsp3) is 0.533. The van der Waals surface area contributed by atoms with E-state index in [9.17, 15) is 22.0 Å². The predicted molar refractivity (Wildman–Crippen MR) is 78.7 cm³/mol. The minimum absolute atomic E-state index is 0.0349. The summed E-state index contributed by atoms with van der Waals surface area (Å²) in [6.45, 7) is 0. The Morgan fingerprint density at radius 2 is 1.91 bits per heavy atom. The van der Waals surface area contributed by atoms with Crippen molar-refractivity contribution in [1.29, 1.82) is 0 Å². The van der Waals surface area contributed by atoms with Crippen LogP contribution in [0.25, 0.3) is 0 Å². The first-order valence-corrected chi connectivity index (χ1v) is 9.05. The number of carbonyl (C=O) groups is 1. The van der Waals surface area contributed by atoms with Gasteiger partial charge in [0.15, 0.2) is 11.6 Å². The highest BCUT2D eigenvalue weighted by molar-refractivity contribution is 7.89. The van der Waals surface area contributed by atoms with Gasteiger partial charge in [0.1, 0.15) is 10.9 Å². The summed E-state index contributed by atoms with van der Waals surface area (Å²) in [5, 5.41) is 0. The van der Waals surface area contributed by atoms with Crippen LogP contribution in [-0.2, 0) is 14.8 Å². The summed E-state index contributed by atoms with van der Waals surface area (Å²) in [7, 11) is -4.34. The molecule has 8 heteroatoms. The number of fused-ring (bicyclic) bond motifs is 1. The van der Waals surface area contributed by atoms with Crippen LogP contribution < -0.4 is 5.73 Å². The van der Waals surface area contributed by atoms with Crippen molar-refractivity contribution in [1.82, 2.24) is 4.31 Å². The largest absolute Gasteiger partial charge is 0.368 e. The molecule has 1 aromatic carbocycles. The van der Waals surface area contributed by atoms with Crippen molar-refractivity contribution >= 4 is 15.9 Å². The quantitative estimate of drug-likeness (QED) is 0.907. The van der Waals surface area contributed by atoms with Crippen LogP contribution in [0.5, 0.6) is 0 Å². The molecule has 2 N–H and O–H groups in total. The summed E-state index contributed by atoms with van der Waals surface area (Å²) in [5.74, 6) is -3.37. The van der Waals surface area contributed by atoms with Gasteiger partial charge in [0.25, 0.3) is 0 Å². The Hall–Kier alpha value is -1.54.